The first-order valence-electron chi connectivity index (χ1n) is 6.49. The van der Waals surface area contributed by atoms with Crippen molar-refractivity contribution in [2.45, 2.75) is 25.7 Å². The minimum atomic E-state index is 0.0148. The van der Waals surface area contributed by atoms with Gasteiger partial charge in [0.1, 0.15) is 0 Å². The fraction of sp³-hybridized carbons (Fsp3) is 0.500. The average Bonchev–Trinajstić information content (AvgIpc) is 2.41. The average molecular weight is 250 g/mol. The first-order chi connectivity index (χ1) is 8.83. The number of para-hydroxylation sites is 1. The molecule has 1 aromatic carbocycles. The van der Waals surface area contributed by atoms with Crippen molar-refractivity contribution in [2.24, 2.45) is 0 Å². The molecular formula is C14H22N2O2. The molecule has 18 heavy (non-hydrogen) atoms. The molecule has 0 aliphatic heterocycles. The Morgan fingerprint density at radius 2 is 1.78 bits per heavy atom. The first-order valence-corrected chi connectivity index (χ1v) is 6.49. The lowest BCUT2D eigenvalue weighted by Gasteiger charge is -2.07. The molecule has 0 aliphatic carbocycles. The van der Waals surface area contributed by atoms with Gasteiger partial charge in [0.05, 0.1) is 6.54 Å². The zero-order chi connectivity index (χ0) is 13.1. The number of hydrogen-bond donors (Lipinski definition) is 3. The fourth-order valence-corrected chi connectivity index (χ4v) is 1.62. The summed E-state index contributed by atoms with van der Waals surface area (Å²) in [7, 11) is 0. The van der Waals surface area contributed by atoms with Crippen molar-refractivity contribution in [1.29, 1.82) is 0 Å². The zero-order valence-electron chi connectivity index (χ0n) is 10.7. The van der Waals surface area contributed by atoms with Crippen LogP contribution in [0.15, 0.2) is 30.3 Å². The van der Waals surface area contributed by atoms with Gasteiger partial charge < -0.3 is 15.7 Å². The number of aliphatic hydroxyl groups excluding tert-OH is 1. The van der Waals surface area contributed by atoms with E-state index in [0.29, 0.717) is 13.1 Å². The first kappa shape index (κ1) is 14.5. The molecule has 1 aromatic rings. The van der Waals surface area contributed by atoms with Crippen LogP contribution in [-0.2, 0) is 4.79 Å². The van der Waals surface area contributed by atoms with E-state index in [1.54, 1.807) is 0 Å². The molecular weight excluding hydrogens is 228 g/mol. The standard InChI is InChI=1S/C14H22N2O2/c17-11-7-2-1-6-10-15-14(18)12-16-13-8-4-3-5-9-13/h3-5,8-9,16-17H,1-2,6-7,10-12H2,(H,15,18). The van der Waals surface area contributed by atoms with E-state index in [9.17, 15) is 4.79 Å². The highest BCUT2D eigenvalue weighted by Gasteiger charge is 1.99. The lowest BCUT2D eigenvalue weighted by Crippen LogP contribution is -2.30. The van der Waals surface area contributed by atoms with E-state index in [0.717, 1.165) is 31.4 Å². The number of amides is 1. The second-order valence-corrected chi connectivity index (χ2v) is 4.21. The second kappa shape index (κ2) is 9.48. The van der Waals surface area contributed by atoms with E-state index in [-0.39, 0.29) is 12.5 Å². The smallest absolute Gasteiger partial charge is 0.239 e. The van der Waals surface area contributed by atoms with Crippen LogP contribution < -0.4 is 10.6 Å². The van der Waals surface area contributed by atoms with Crippen LogP contribution in [0.2, 0.25) is 0 Å². The number of benzene rings is 1. The molecule has 0 saturated heterocycles. The van der Waals surface area contributed by atoms with Crippen LogP contribution in [0.5, 0.6) is 0 Å². The molecule has 0 heterocycles. The van der Waals surface area contributed by atoms with Crippen LogP contribution in [0.25, 0.3) is 0 Å². The number of carbonyl (C=O) groups is 1. The molecule has 0 radical (unpaired) electrons. The molecule has 4 heteroatoms. The maximum atomic E-state index is 11.5. The third-order valence-electron chi connectivity index (χ3n) is 2.63. The van der Waals surface area contributed by atoms with Gasteiger partial charge in [0.25, 0.3) is 0 Å². The maximum absolute atomic E-state index is 11.5. The Labute approximate surface area is 108 Å². The van der Waals surface area contributed by atoms with E-state index in [4.69, 9.17) is 5.11 Å². The van der Waals surface area contributed by atoms with Crippen molar-refractivity contribution in [3.63, 3.8) is 0 Å². The zero-order valence-corrected chi connectivity index (χ0v) is 10.7. The molecule has 1 amide bonds. The van der Waals surface area contributed by atoms with Crippen molar-refractivity contribution in [1.82, 2.24) is 5.32 Å². The highest BCUT2D eigenvalue weighted by Crippen LogP contribution is 2.03. The molecule has 0 aromatic heterocycles. The predicted molar refractivity (Wildman–Crippen MR) is 73.5 cm³/mol. The van der Waals surface area contributed by atoms with E-state index >= 15 is 0 Å². The van der Waals surface area contributed by atoms with Gasteiger partial charge in [-0.1, -0.05) is 31.0 Å². The molecule has 0 atom stereocenters. The second-order valence-electron chi connectivity index (χ2n) is 4.21. The third kappa shape index (κ3) is 6.91. The van der Waals surface area contributed by atoms with Gasteiger partial charge in [0.2, 0.25) is 5.91 Å². The number of nitrogens with one attached hydrogen (secondary N) is 2. The Bertz CT molecular complexity index is 328. The summed E-state index contributed by atoms with van der Waals surface area (Å²) in [5, 5.41) is 14.5. The van der Waals surface area contributed by atoms with Crippen LogP contribution in [-0.4, -0.2) is 30.7 Å². The van der Waals surface area contributed by atoms with Gasteiger partial charge in [-0.15, -0.1) is 0 Å². The summed E-state index contributed by atoms with van der Waals surface area (Å²) in [4.78, 5) is 11.5. The summed E-state index contributed by atoms with van der Waals surface area (Å²) in [5.41, 5.74) is 0.954. The number of aliphatic hydroxyl groups is 1. The van der Waals surface area contributed by atoms with E-state index in [1.807, 2.05) is 30.3 Å². The summed E-state index contributed by atoms with van der Waals surface area (Å²) >= 11 is 0. The summed E-state index contributed by atoms with van der Waals surface area (Å²) in [6, 6.07) is 9.67. The Balaban J connectivity index is 2.01. The molecule has 0 fully saturated rings. The van der Waals surface area contributed by atoms with Crippen molar-refractivity contribution >= 4 is 11.6 Å². The number of rotatable bonds is 9. The highest BCUT2D eigenvalue weighted by atomic mass is 16.2. The van der Waals surface area contributed by atoms with Crippen molar-refractivity contribution < 1.29 is 9.90 Å². The van der Waals surface area contributed by atoms with E-state index < -0.39 is 0 Å². The van der Waals surface area contributed by atoms with Crippen LogP contribution in [0.3, 0.4) is 0 Å². The normalized spacial score (nSPS) is 10.1. The van der Waals surface area contributed by atoms with Gasteiger partial charge in [0, 0.05) is 18.8 Å². The van der Waals surface area contributed by atoms with Gasteiger partial charge in [-0.2, -0.15) is 0 Å². The molecule has 0 saturated carbocycles. The Kier molecular flexibility index (Phi) is 7.64. The minimum Gasteiger partial charge on any atom is -0.396 e. The van der Waals surface area contributed by atoms with Gasteiger partial charge in [-0.05, 0) is 25.0 Å². The SMILES string of the molecule is O=C(CNc1ccccc1)NCCCCCCO. The Hall–Kier alpha value is -1.55. The molecule has 0 aliphatic rings. The molecule has 0 bridgehead atoms. The highest BCUT2D eigenvalue weighted by molar-refractivity contribution is 5.80. The molecule has 1 rings (SSSR count). The maximum Gasteiger partial charge on any atom is 0.239 e. The van der Waals surface area contributed by atoms with Crippen molar-refractivity contribution in [2.75, 3.05) is 25.0 Å². The van der Waals surface area contributed by atoms with Crippen LogP contribution in [0, 0.1) is 0 Å². The largest absolute Gasteiger partial charge is 0.396 e. The van der Waals surface area contributed by atoms with E-state index in [2.05, 4.69) is 10.6 Å². The minimum absolute atomic E-state index is 0.0148. The van der Waals surface area contributed by atoms with Gasteiger partial charge in [-0.25, -0.2) is 0 Å². The van der Waals surface area contributed by atoms with E-state index in [1.165, 1.54) is 0 Å². The molecule has 0 unspecified atom stereocenters. The molecule has 4 nitrogen and oxygen atoms in total. The lowest BCUT2D eigenvalue weighted by atomic mass is 10.2. The summed E-state index contributed by atoms with van der Waals surface area (Å²) in [6.07, 6.45) is 3.89. The quantitative estimate of drug-likeness (QED) is 0.585. The molecule has 3 N–H and O–H groups in total. The van der Waals surface area contributed by atoms with Crippen molar-refractivity contribution in [3.8, 4) is 0 Å². The number of unbranched alkanes of at least 4 members (excludes halogenated alkanes) is 3. The van der Waals surface area contributed by atoms with Crippen LogP contribution in [0.4, 0.5) is 5.69 Å². The summed E-state index contributed by atoms with van der Waals surface area (Å²) < 4.78 is 0. The predicted octanol–water partition coefficient (Wildman–Crippen LogP) is 1.77. The fourth-order valence-electron chi connectivity index (χ4n) is 1.62. The number of anilines is 1. The van der Waals surface area contributed by atoms with Gasteiger partial charge >= 0.3 is 0 Å². The Morgan fingerprint density at radius 3 is 2.50 bits per heavy atom. The molecule has 100 valence electrons. The van der Waals surface area contributed by atoms with Gasteiger partial charge in [-0.3, -0.25) is 4.79 Å². The summed E-state index contributed by atoms with van der Waals surface area (Å²) in [5.74, 6) is 0.0148. The monoisotopic (exact) mass is 250 g/mol. The third-order valence-corrected chi connectivity index (χ3v) is 2.63. The Morgan fingerprint density at radius 1 is 1.06 bits per heavy atom. The molecule has 0 spiro atoms. The van der Waals surface area contributed by atoms with Crippen LogP contribution in [0.1, 0.15) is 25.7 Å². The van der Waals surface area contributed by atoms with Gasteiger partial charge in [0.15, 0.2) is 0 Å². The van der Waals surface area contributed by atoms with Crippen LogP contribution >= 0.6 is 0 Å². The number of carbonyl (C=O) groups excluding carboxylic acids is 1. The lowest BCUT2D eigenvalue weighted by molar-refractivity contribution is -0.119. The summed E-state index contributed by atoms with van der Waals surface area (Å²) in [6.45, 7) is 1.27. The topological polar surface area (TPSA) is 61.4 Å². The van der Waals surface area contributed by atoms with Crippen molar-refractivity contribution in [3.05, 3.63) is 30.3 Å². The number of hydrogen-bond acceptors (Lipinski definition) is 3.